The van der Waals surface area contributed by atoms with Gasteiger partial charge in [-0.1, -0.05) is 41.9 Å². The summed E-state index contributed by atoms with van der Waals surface area (Å²) >= 11 is 6.31. The van der Waals surface area contributed by atoms with Crippen LogP contribution in [-0.4, -0.2) is 25.9 Å². The van der Waals surface area contributed by atoms with E-state index in [2.05, 4.69) is 10.3 Å². The van der Waals surface area contributed by atoms with Crippen molar-refractivity contribution in [1.29, 1.82) is 0 Å². The van der Waals surface area contributed by atoms with Crippen LogP contribution >= 0.6 is 11.6 Å². The maximum Gasteiger partial charge on any atom is 0.271 e. The van der Waals surface area contributed by atoms with E-state index in [0.717, 1.165) is 23.9 Å². The van der Waals surface area contributed by atoms with Crippen molar-refractivity contribution < 1.29 is 4.79 Å². The van der Waals surface area contributed by atoms with E-state index >= 15 is 0 Å². The van der Waals surface area contributed by atoms with Crippen LogP contribution in [0.2, 0.25) is 5.02 Å². The minimum absolute atomic E-state index is 0.164. The van der Waals surface area contributed by atoms with Crippen molar-refractivity contribution in [3.05, 3.63) is 81.4 Å². The summed E-state index contributed by atoms with van der Waals surface area (Å²) in [5.74, 6) is 0.205. The highest BCUT2D eigenvalue weighted by molar-refractivity contribution is 6.31. The second-order valence-electron chi connectivity index (χ2n) is 7.04. The molecule has 28 heavy (non-hydrogen) atoms. The van der Waals surface area contributed by atoms with Gasteiger partial charge in [0.15, 0.2) is 0 Å². The van der Waals surface area contributed by atoms with Gasteiger partial charge in [-0.25, -0.2) is 4.98 Å². The van der Waals surface area contributed by atoms with E-state index in [1.807, 2.05) is 36.4 Å². The first-order valence-corrected chi connectivity index (χ1v) is 9.54. The van der Waals surface area contributed by atoms with Crippen molar-refractivity contribution in [3.8, 4) is 0 Å². The monoisotopic (exact) mass is 392 g/mol. The number of nitrogens with zero attached hydrogens (tertiary/aromatic N) is 3. The van der Waals surface area contributed by atoms with Crippen LogP contribution < -0.4 is 10.9 Å². The van der Waals surface area contributed by atoms with Crippen LogP contribution in [-0.2, 0) is 6.54 Å². The van der Waals surface area contributed by atoms with Crippen LogP contribution in [0.5, 0.6) is 0 Å². The molecule has 6 nitrogen and oxygen atoms in total. The number of carbonyl (C=O) groups is 1. The Morgan fingerprint density at radius 3 is 2.68 bits per heavy atom. The Bertz CT molecular complexity index is 1290. The number of rotatable bonds is 4. The van der Waals surface area contributed by atoms with Gasteiger partial charge in [-0.3, -0.25) is 18.6 Å². The predicted octanol–water partition coefficient (Wildman–Crippen LogP) is 3.24. The van der Waals surface area contributed by atoms with Crippen molar-refractivity contribution in [2.24, 2.45) is 0 Å². The molecule has 7 heteroatoms. The fraction of sp³-hybridized carbons (Fsp3) is 0.190. The highest BCUT2D eigenvalue weighted by atomic mass is 35.5. The molecule has 1 aliphatic rings. The first-order valence-electron chi connectivity index (χ1n) is 9.17. The number of hydrogen-bond donors (Lipinski definition) is 1. The summed E-state index contributed by atoms with van der Waals surface area (Å²) < 4.78 is 3.37. The Kier molecular flexibility index (Phi) is 3.94. The first-order chi connectivity index (χ1) is 13.6. The Hall–Kier alpha value is -3.12. The third-order valence-corrected chi connectivity index (χ3v) is 5.37. The van der Waals surface area contributed by atoms with E-state index in [1.165, 1.54) is 0 Å². The van der Waals surface area contributed by atoms with Gasteiger partial charge in [0.05, 0.1) is 17.4 Å². The molecular weight excluding hydrogens is 376 g/mol. The highest BCUT2D eigenvalue weighted by Gasteiger charge is 2.25. The van der Waals surface area contributed by atoms with Crippen LogP contribution in [0.4, 0.5) is 0 Å². The summed E-state index contributed by atoms with van der Waals surface area (Å²) in [4.78, 5) is 30.2. The van der Waals surface area contributed by atoms with Crippen LogP contribution in [0.1, 0.15) is 28.9 Å². The van der Waals surface area contributed by atoms with E-state index in [1.54, 1.807) is 27.3 Å². The minimum Gasteiger partial charge on any atom is -0.348 e. The lowest BCUT2D eigenvalue weighted by Crippen LogP contribution is -2.26. The molecule has 0 radical (unpaired) electrons. The molecule has 4 aromatic rings. The van der Waals surface area contributed by atoms with E-state index in [4.69, 9.17) is 11.6 Å². The van der Waals surface area contributed by atoms with Gasteiger partial charge in [0.25, 0.3) is 11.5 Å². The van der Waals surface area contributed by atoms with Gasteiger partial charge in [-0.2, -0.15) is 0 Å². The van der Waals surface area contributed by atoms with Gasteiger partial charge in [0.2, 0.25) is 5.78 Å². The number of aromatic nitrogens is 3. The van der Waals surface area contributed by atoms with Crippen LogP contribution in [0.3, 0.4) is 0 Å². The Labute approximate surface area is 165 Å². The van der Waals surface area contributed by atoms with Gasteiger partial charge in [0, 0.05) is 17.3 Å². The lowest BCUT2D eigenvalue weighted by Gasteiger charge is -2.11. The topological polar surface area (TPSA) is 68.4 Å². The standard InChI is InChI=1S/C21H17ClN4O2/c22-16-7-3-1-5-13(16)11-26-20(28)15-6-2-4-8-18(15)25-12-17(24-21(25)26)19(27)23-14-9-10-14/h1-8,12,14H,9-11H2,(H,23,27). The normalized spacial score (nSPS) is 13.9. The molecule has 5 rings (SSSR count). The molecule has 2 aromatic carbocycles. The number of benzene rings is 2. The molecule has 0 saturated heterocycles. The van der Waals surface area contributed by atoms with Gasteiger partial charge in [-0.05, 0) is 36.6 Å². The quantitative estimate of drug-likeness (QED) is 0.579. The Morgan fingerprint density at radius 2 is 1.89 bits per heavy atom. The van der Waals surface area contributed by atoms with Crippen LogP contribution in [0.25, 0.3) is 16.7 Å². The fourth-order valence-electron chi connectivity index (χ4n) is 3.37. The van der Waals surface area contributed by atoms with Gasteiger partial charge >= 0.3 is 0 Å². The van der Waals surface area contributed by atoms with Crippen LogP contribution in [0, 0.1) is 0 Å². The zero-order chi connectivity index (χ0) is 19.3. The number of hydrogen-bond acceptors (Lipinski definition) is 3. The molecule has 1 N–H and O–H groups in total. The Morgan fingerprint density at radius 1 is 1.14 bits per heavy atom. The number of para-hydroxylation sites is 1. The summed E-state index contributed by atoms with van der Waals surface area (Å²) in [5, 5.41) is 4.09. The number of nitrogens with one attached hydrogen (secondary N) is 1. The third kappa shape index (κ3) is 2.86. The van der Waals surface area contributed by atoms with Crippen molar-refractivity contribution >= 4 is 34.2 Å². The lowest BCUT2D eigenvalue weighted by atomic mass is 10.2. The maximum atomic E-state index is 13.2. The zero-order valence-corrected chi connectivity index (χ0v) is 15.7. The van der Waals surface area contributed by atoms with E-state index in [0.29, 0.717) is 21.9 Å². The average Bonchev–Trinajstić information content (AvgIpc) is 3.40. The molecule has 1 aliphatic carbocycles. The summed E-state index contributed by atoms with van der Waals surface area (Å²) in [5.41, 5.74) is 1.67. The molecule has 0 spiro atoms. The third-order valence-electron chi connectivity index (χ3n) is 5.00. The number of halogens is 1. The largest absolute Gasteiger partial charge is 0.348 e. The predicted molar refractivity (Wildman–Crippen MR) is 108 cm³/mol. The zero-order valence-electron chi connectivity index (χ0n) is 14.9. The Balaban J connectivity index is 1.73. The van der Waals surface area contributed by atoms with Crippen molar-refractivity contribution in [1.82, 2.24) is 19.3 Å². The van der Waals surface area contributed by atoms with E-state index in [9.17, 15) is 9.59 Å². The average molecular weight is 393 g/mol. The molecule has 1 saturated carbocycles. The molecule has 2 aromatic heterocycles. The van der Waals surface area contributed by atoms with Gasteiger partial charge < -0.3 is 5.32 Å². The fourth-order valence-corrected chi connectivity index (χ4v) is 3.57. The molecule has 2 heterocycles. The number of carbonyl (C=O) groups excluding carboxylic acids is 1. The second-order valence-corrected chi connectivity index (χ2v) is 7.45. The number of fused-ring (bicyclic) bond motifs is 3. The lowest BCUT2D eigenvalue weighted by molar-refractivity contribution is 0.0946. The smallest absolute Gasteiger partial charge is 0.271 e. The SMILES string of the molecule is O=C(NC1CC1)c1cn2c3ccccc3c(=O)n(Cc3ccccc3Cl)c2n1. The van der Waals surface area contributed by atoms with E-state index in [-0.39, 0.29) is 24.1 Å². The molecule has 1 amide bonds. The summed E-state index contributed by atoms with van der Waals surface area (Å²) in [6.45, 7) is 0.271. The molecule has 0 bridgehead atoms. The van der Waals surface area contributed by atoms with Crippen LogP contribution in [0.15, 0.2) is 59.5 Å². The van der Waals surface area contributed by atoms with Gasteiger partial charge in [0.1, 0.15) is 5.69 Å². The molecular formula is C21H17ClN4O2. The summed E-state index contributed by atoms with van der Waals surface area (Å²) in [6.07, 6.45) is 3.69. The number of amides is 1. The summed E-state index contributed by atoms with van der Waals surface area (Å²) in [6, 6.07) is 15.0. The van der Waals surface area contributed by atoms with Crippen molar-refractivity contribution in [2.45, 2.75) is 25.4 Å². The molecule has 0 unspecified atom stereocenters. The molecule has 140 valence electrons. The molecule has 0 atom stereocenters. The summed E-state index contributed by atoms with van der Waals surface area (Å²) in [7, 11) is 0. The van der Waals surface area contributed by atoms with Crippen molar-refractivity contribution in [2.75, 3.05) is 0 Å². The highest BCUT2D eigenvalue weighted by Crippen LogP contribution is 2.21. The first kappa shape index (κ1) is 17.0. The second kappa shape index (κ2) is 6.49. The van der Waals surface area contributed by atoms with Crippen molar-refractivity contribution in [3.63, 3.8) is 0 Å². The van der Waals surface area contributed by atoms with Gasteiger partial charge in [-0.15, -0.1) is 0 Å². The molecule has 1 fully saturated rings. The maximum absolute atomic E-state index is 13.2. The molecule has 0 aliphatic heterocycles. The number of imidazole rings is 1. The van der Waals surface area contributed by atoms with E-state index < -0.39 is 0 Å². The minimum atomic E-state index is -0.216.